The molecule has 1 fully saturated rings. The second kappa shape index (κ2) is 14.3. The van der Waals surface area contributed by atoms with Crippen LogP contribution >= 0.6 is 11.6 Å². The number of hydrogen-bond acceptors (Lipinski definition) is 9. The highest BCUT2D eigenvalue weighted by Crippen LogP contribution is 2.49. The number of carbonyl (C=O) groups excluding carboxylic acids is 1. The molecule has 3 aliphatic heterocycles. The molecule has 6 atom stereocenters. The fourth-order valence-corrected chi connectivity index (χ4v) is 11.1. The van der Waals surface area contributed by atoms with Crippen molar-refractivity contribution in [2.24, 2.45) is 17.8 Å². The van der Waals surface area contributed by atoms with Gasteiger partial charge in [-0.05, 0) is 105 Å². The standard InChI is InChI=1S/C41H50ClN5O5S/c1-27-6-4-16-41(51-3,24-46-17-14-36-32(21-46)20-43-26-44-36)35-11-8-31(35)22-47-23-40(15-5-7-29-18-33(42)10-12-34(29)40)25-52-38-13-9-30(19-37(38)47)39(48)45-53(49,50)28(27)2/h4,9-10,12-13,16,18-20,26-28,31,35H,5-8,11,14-15,17,21-25H2,1-3H3,(H,45,48)/b16-4+/t27-,28+,31-,35+,40-,41+/m0/s1. The van der Waals surface area contributed by atoms with E-state index in [0.29, 0.717) is 43.3 Å². The number of carbonyl (C=O) groups is 1. The molecule has 10 nitrogen and oxygen atoms in total. The highest BCUT2D eigenvalue weighted by atomic mass is 35.5. The number of sulfonamides is 1. The second-order valence-electron chi connectivity index (χ2n) is 16.1. The Morgan fingerprint density at radius 2 is 1.98 bits per heavy atom. The van der Waals surface area contributed by atoms with Crippen molar-refractivity contribution in [3.63, 3.8) is 0 Å². The lowest BCUT2D eigenvalue weighted by molar-refractivity contribution is -0.0932. The molecule has 1 N–H and O–H groups in total. The monoisotopic (exact) mass is 759 g/mol. The van der Waals surface area contributed by atoms with Gasteiger partial charge in [0.1, 0.15) is 17.7 Å². The molecule has 1 saturated carbocycles. The Bertz CT molecular complexity index is 2030. The number of ether oxygens (including phenoxy) is 2. The summed E-state index contributed by atoms with van der Waals surface area (Å²) in [5, 5.41) is -0.0552. The lowest BCUT2D eigenvalue weighted by Crippen LogP contribution is -2.57. The van der Waals surface area contributed by atoms with E-state index in [1.165, 1.54) is 11.1 Å². The molecule has 282 valence electrons. The number of anilines is 1. The Hall–Kier alpha value is -3.51. The van der Waals surface area contributed by atoms with Crippen LogP contribution in [0.25, 0.3) is 0 Å². The van der Waals surface area contributed by atoms with Crippen LogP contribution in [0.4, 0.5) is 5.69 Å². The Labute approximate surface area is 318 Å². The van der Waals surface area contributed by atoms with Crippen molar-refractivity contribution in [3.05, 3.63) is 94.0 Å². The van der Waals surface area contributed by atoms with E-state index < -0.39 is 26.8 Å². The fraction of sp³-hybridized carbons (Fsp3) is 0.537. The predicted molar refractivity (Wildman–Crippen MR) is 206 cm³/mol. The summed E-state index contributed by atoms with van der Waals surface area (Å²) < 4.78 is 43.0. The van der Waals surface area contributed by atoms with E-state index in [-0.39, 0.29) is 17.3 Å². The number of halogens is 1. The number of rotatable bonds is 3. The molecule has 2 aromatic carbocycles. The van der Waals surface area contributed by atoms with Crippen LogP contribution in [0.15, 0.2) is 61.1 Å². The summed E-state index contributed by atoms with van der Waals surface area (Å²) >= 11 is 6.50. The van der Waals surface area contributed by atoms with E-state index in [1.54, 1.807) is 19.3 Å². The van der Waals surface area contributed by atoms with Gasteiger partial charge in [-0.2, -0.15) is 0 Å². The van der Waals surface area contributed by atoms with Gasteiger partial charge in [0, 0.05) is 79.7 Å². The number of fused-ring (bicyclic) bond motifs is 5. The third-order valence-corrected chi connectivity index (χ3v) is 15.2. The summed E-state index contributed by atoms with van der Waals surface area (Å²) in [6.45, 7) is 7.88. The van der Waals surface area contributed by atoms with Crippen molar-refractivity contribution >= 4 is 33.2 Å². The first kappa shape index (κ1) is 36.5. The highest BCUT2D eigenvalue weighted by Gasteiger charge is 2.50. The maximum absolute atomic E-state index is 13.7. The molecule has 0 saturated heterocycles. The fourth-order valence-electron chi connectivity index (χ4n) is 9.62. The summed E-state index contributed by atoms with van der Waals surface area (Å²) in [6.07, 6.45) is 14.3. The average molecular weight is 760 g/mol. The first-order valence-electron chi connectivity index (χ1n) is 19.1. The van der Waals surface area contributed by atoms with Crippen molar-refractivity contribution in [2.75, 3.05) is 44.8 Å². The number of nitrogens with one attached hydrogen (secondary N) is 1. The Kier molecular flexibility index (Phi) is 9.83. The summed E-state index contributed by atoms with van der Waals surface area (Å²) in [7, 11) is -2.15. The molecular formula is C41H50ClN5O5S. The van der Waals surface area contributed by atoms with Crippen LogP contribution in [0.3, 0.4) is 0 Å². The van der Waals surface area contributed by atoms with Gasteiger partial charge in [0.25, 0.3) is 5.91 Å². The van der Waals surface area contributed by atoms with Gasteiger partial charge in [0.2, 0.25) is 10.0 Å². The molecule has 12 heteroatoms. The number of methoxy groups -OCH3 is 1. The van der Waals surface area contributed by atoms with E-state index in [4.69, 9.17) is 21.1 Å². The van der Waals surface area contributed by atoms with Gasteiger partial charge < -0.3 is 14.4 Å². The molecular weight excluding hydrogens is 710 g/mol. The Balaban J connectivity index is 1.20. The van der Waals surface area contributed by atoms with Gasteiger partial charge >= 0.3 is 0 Å². The van der Waals surface area contributed by atoms with Crippen molar-refractivity contribution < 1.29 is 22.7 Å². The smallest absolute Gasteiger partial charge is 0.264 e. The third-order valence-electron chi connectivity index (χ3n) is 13.0. The number of amides is 1. The molecule has 8 rings (SSSR count). The maximum Gasteiger partial charge on any atom is 0.264 e. The molecule has 3 aromatic rings. The summed E-state index contributed by atoms with van der Waals surface area (Å²) in [6, 6.07) is 11.6. The van der Waals surface area contributed by atoms with Gasteiger partial charge in [0.15, 0.2) is 0 Å². The van der Waals surface area contributed by atoms with Crippen molar-refractivity contribution in [3.8, 4) is 5.75 Å². The van der Waals surface area contributed by atoms with Gasteiger partial charge in [-0.25, -0.2) is 23.1 Å². The number of aryl methyl sites for hydroxylation is 1. The molecule has 53 heavy (non-hydrogen) atoms. The first-order chi connectivity index (χ1) is 25.5. The zero-order chi connectivity index (χ0) is 37.0. The van der Waals surface area contributed by atoms with Crippen LogP contribution < -0.4 is 14.4 Å². The topological polar surface area (TPSA) is 114 Å². The van der Waals surface area contributed by atoms with E-state index >= 15 is 0 Å². The zero-order valence-electron chi connectivity index (χ0n) is 30.9. The highest BCUT2D eigenvalue weighted by molar-refractivity contribution is 7.90. The minimum absolute atomic E-state index is 0.217. The van der Waals surface area contributed by atoms with Crippen LogP contribution in [-0.4, -0.2) is 79.9 Å². The van der Waals surface area contributed by atoms with Crippen molar-refractivity contribution in [1.29, 1.82) is 0 Å². The number of nitrogens with zero attached hydrogens (tertiary/aromatic N) is 4. The Morgan fingerprint density at radius 3 is 2.79 bits per heavy atom. The van der Waals surface area contributed by atoms with E-state index in [2.05, 4.69) is 48.8 Å². The lowest BCUT2D eigenvalue weighted by atomic mass is 9.63. The molecule has 2 bridgehead atoms. The molecule has 1 spiro atoms. The lowest BCUT2D eigenvalue weighted by Gasteiger charge is -2.52. The van der Waals surface area contributed by atoms with Gasteiger partial charge in [-0.1, -0.05) is 36.7 Å². The van der Waals surface area contributed by atoms with Crippen LogP contribution in [0, 0.1) is 17.8 Å². The Morgan fingerprint density at radius 1 is 1.11 bits per heavy atom. The third kappa shape index (κ3) is 6.87. The molecule has 1 amide bonds. The van der Waals surface area contributed by atoms with Crippen LogP contribution in [-0.2, 0) is 39.6 Å². The van der Waals surface area contributed by atoms with Gasteiger partial charge in [0.05, 0.1) is 17.5 Å². The molecule has 2 aliphatic carbocycles. The summed E-state index contributed by atoms with van der Waals surface area (Å²) in [4.78, 5) is 27.4. The van der Waals surface area contributed by atoms with Crippen LogP contribution in [0.2, 0.25) is 5.02 Å². The maximum atomic E-state index is 13.7. The zero-order valence-corrected chi connectivity index (χ0v) is 32.5. The largest absolute Gasteiger partial charge is 0.490 e. The van der Waals surface area contributed by atoms with E-state index in [0.717, 1.165) is 80.1 Å². The van der Waals surface area contributed by atoms with Crippen LogP contribution in [0.5, 0.6) is 5.75 Å². The number of hydrogen-bond donors (Lipinski definition) is 1. The van der Waals surface area contributed by atoms with E-state index in [1.807, 2.05) is 38.4 Å². The van der Waals surface area contributed by atoms with Gasteiger partial charge in [-0.3, -0.25) is 9.69 Å². The minimum atomic E-state index is -3.97. The predicted octanol–water partition coefficient (Wildman–Crippen LogP) is 6.12. The second-order valence-corrected chi connectivity index (χ2v) is 18.6. The quantitative estimate of drug-likeness (QED) is 0.316. The molecule has 4 heterocycles. The van der Waals surface area contributed by atoms with Crippen molar-refractivity contribution in [1.82, 2.24) is 19.6 Å². The summed E-state index contributed by atoms with van der Waals surface area (Å²) in [5.74, 6) is 0.357. The summed E-state index contributed by atoms with van der Waals surface area (Å²) in [5.41, 5.74) is 5.03. The average Bonchev–Trinajstić information content (AvgIpc) is 3.28. The normalized spacial score (nSPS) is 31.8. The number of aromatic nitrogens is 2. The van der Waals surface area contributed by atoms with Crippen molar-refractivity contribution in [2.45, 2.75) is 81.6 Å². The van der Waals surface area contributed by atoms with Gasteiger partial charge in [-0.15, -0.1) is 0 Å². The molecule has 0 radical (unpaired) electrons. The number of allylic oxidation sites excluding steroid dienone is 1. The van der Waals surface area contributed by atoms with Crippen LogP contribution in [0.1, 0.15) is 78.7 Å². The molecule has 0 unspecified atom stereocenters. The first-order valence-corrected chi connectivity index (χ1v) is 21.0. The number of benzene rings is 2. The van der Waals surface area contributed by atoms with E-state index in [9.17, 15) is 13.2 Å². The SMILES string of the molecule is CO[C@@]1(CN2CCc3ncncc3C2)/C=C/C[C@H](C)[C@@H](C)S(=O)(=O)NC(=O)c2ccc3c(c2)N(C[C@@H]2CC[C@H]21)C[C@@]1(CCCc2cc(Cl)ccc21)CO3. The molecule has 5 aliphatic rings. The minimum Gasteiger partial charge on any atom is -0.490 e. The molecule has 1 aromatic heterocycles.